The summed E-state index contributed by atoms with van der Waals surface area (Å²) in [7, 11) is -3.26. The lowest BCUT2D eigenvalue weighted by Crippen LogP contribution is -2.44. The Balaban J connectivity index is 1.00. The molecule has 0 spiro atoms. The van der Waals surface area contributed by atoms with Crippen LogP contribution in [0.5, 0.6) is 0 Å². The Morgan fingerprint density at radius 1 is 0.947 bits per heavy atom. The lowest BCUT2D eigenvalue weighted by atomic mass is 9.95. The third kappa shape index (κ3) is 14.9. The monoisotopic (exact) mass is 812 g/mol. The number of carbonyl (C=O) groups is 2. The minimum Gasteiger partial charge on any atom is -0.367 e. The zero-order valence-electron chi connectivity index (χ0n) is 33.9. The van der Waals surface area contributed by atoms with Gasteiger partial charge < -0.3 is 46.3 Å². The van der Waals surface area contributed by atoms with Gasteiger partial charge >= 0.3 is 7.60 Å². The van der Waals surface area contributed by atoms with Gasteiger partial charge in [0, 0.05) is 50.1 Å². The molecule has 0 bridgehead atoms. The fraction of sp³-hybridized carbons (Fsp3) is 0.692. The van der Waals surface area contributed by atoms with Gasteiger partial charge in [0.25, 0.3) is 0 Å². The van der Waals surface area contributed by atoms with E-state index in [2.05, 4.69) is 36.9 Å². The third-order valence-electron chi connectivity index (χ3n) is 10.5. The first-order valence-corrected chi connectivity index (χ1v) is 22.8. The number of rotatable bonds is 25. The van der Waals surface area contributed by atoms with Crippen molar-refractivity contribution in [2.24, 2.45) is 5.73 Å². The quantitative estimate of drug-likeness (QED) is 0.0527. The molecule has 1 aromatic carbocycles. The number of nitrogens with zero attached hydrogens (tertiary/aromatic N) is 6. The molecule has 1 saturated carbocycles. The van der Waals surface area contributed by atoms with Crippen LogP contribution >= 0.6 is 7.60 Å². The highest BCUT2D eigenvalue weighted by atomic mass is 31.2. The van der Waals surface area contributed by atoms with Gasteiger partial charge in [0.15, 0.2) is 0 Å². The highest BCUT2D eigenvalue weighted by Gasteiger charge is 2.26. The molecule has 2 fully saturated rings. The molecule has 1 saturated heterocycles. The summed E-state index contributed by atoms with van der Waals surface area (Å²) in [6.07, 6.45) is 12.8. The highest BCUT2D eigenvalue weighted by molar-refractivity contribution is 7.53. The van der Waals surface area contributed by atoms with Crippen LogP contribution in [-0.2, 0) is 36.3 Å². The van der Waals surface area contributed by atoms with E-state index in [1.54, 1.807) is 13.8 Å². The molecule has 1 aliphatic carbocycles. The number of hydrogen-bond acceptors (Lipinski definition) is 14. The fourth-order valence-electron chi connectivity index (χ4n) is 7.32. The van der Waals surface area contributed by atoms with Crippen LogP contribution < -0.4 is 32.3 Å². The fourth-order valence-corrected chi connectivity index (χ4v) is 8.83. The van der Waals surface area contributed by atoms with Crippen molar-refractivity contribution >= 4 is 42.1 Å². The Bertz CT molecular complexity index is 1710. The summed E-state index contributed by atoms with van der Waals surface area (Å²) in [5, 5.41) is 26.5. The van der Waals surface area contributed by atoms with Crippen LogP contribution in [0.3, 0.4) is 0 Å². The molecule has 17 nitrogen and oxygen atoms in total. The largest absolute Gasteiger partial charge is 0.367 e. The SMILES string of the molecule is CCOP(=O)(CCNC(=O)[C@@H](N)CCC(=O)N1CCC(Nc2nc(NCc3cn(CCCNCCCNC4CCCCC4)nn3)nc3ccccc23)CC1)OCC. The number of anilines is 2. The summed E-state index contributed by atoms with van der Waals surface area (Å²) in [5.41, 5.74) is 7.72. The number of hydrogen-bond donors (Lipinski definition) is 6. The van der Waals surface area contributed by atoms with E-state index in [1.807, 2.05) is 40.0 Å². The maximum absolute atomic E-state index is 13.0. The number of para-hydroxylation sites is 1. The van der Waals surface area contributed by atoms with E-state index in [0.29, 0.717) is 25.6 Å². The summed E-state index contributed by atoms with van der Waals surface area (Å²) in [6, 6.07) is 7.89. The number of amides is 2. The van der Waals surface area contributed by atoms with Crippen molar-refractivity contribution in [3.05, 3.63) is 36.2 Å². The molecule has 7 N–H and O–H groups in total. The van der Waals surface area contributed by atoms with Crippen molar-refractivity contribution in [2.75, 3.05) is 69.3 Å². The molecule has 5 rings (SSSR count). The predicted molar refractivity (Wildman–Crippen MR) is 223 cm³/mol. The molecule has 18 heteroatoms. The van der Waals surface area contributed by atoms with Crippen LogP contribution in [0.4, 0.5) is 11.8 Å². The molecule has 2 amide bonds. The Hall–Kier alpha value is -3.73. The summed E-state index contributed by atoms with van der Waals surface area (Å²) in [4.78, 5) is 37.0. The van der Waals surface area contributed by atoms with E-state index >= 15 is 0 Å². The summed E-state index contributed by atoms with van der Waals surface area (Å²) in [5.74, 6) is 0.808. The highest BCUT2D eigenvalue weighted by Crippen LogP contribution is 2.47. The smallest absolute Gasteiger partial charge is 0.332 e. The number of aromatic nitrogens is 5. The molecule has 2 aliphatic rings. The second-order valence-corrected chi connectivity index (χ2v) is 17.1. The zero-order chi connectivity index (χ0) is 40.3. The normalized spacial score (nSPS) is 16.2. The van der Waals surface area contributed by atoms with E-state index < -0.39 is 19.5 Å². The number of likely N-dealkylation sites (tertiary alicyclic amines) is 1. The van der Waals surface area contributed by atoms with Crippen LogP contribution in [0.1, 0.15) is 90.2 Å². The van der Waals surface area contributed by atoms with Crippen molar-refractivity contribution in [3.8, 4) is 0 Å². The van der Waals surface area contributed by atoms with Gasteiger partial charge in [0.05, 0.1) is 43.7 Å². The molecule has 2 aromatic heterocycles. The van der Waals surface area contributed by atoms with Gasteiger partial charge in [0.1, 0.15) is 11.5 Å². The minimum atomic E-state index is -3.26. The van der Waals surface area contributed by atoms with E-state index in [4.69, 9.17) is 24.7 Å². The van der Waals surface area contributed by atoms with Crippen molar-refractivity contribution in [3.63, 3.8) is 0 Å². The Labute approximate surface area is 337 Å². The van der Waals surface area contributed by atoms with Gasteiger partial charge in [-0.1, -0.05) is 36.6 Å². The Morgan fingerprint density at radius 3 is 2.47 bits per heavy atom. The maximum atomic E-state index is 13.0. The van der Waals surface area contributed by atoms with Gasteiger partial charge in [0.2, 0.25) is 17.8 Å². The molecular formula is C39H65N12O5P. The van der Waals surface area contributed by atoms with Crippen LogP contribution in [0, 0.1) is 0 Å². The van der Waals surface area contributed by atoms with E-state index in [1.165, 1.54) is 32.1 Å². The molecule has 316 valence electrons. The van der Waals surface area contributed by atoms with Gasteiger partial charge in [-0.15, -0.1) is 5.10 Å². The van der Waals surface area contributed by atoms with E-state index in [-0.39, 0.29) is 50.7 Å². The van der Waals surface area contributed by atoms with Crippen LogP contribution in [0.25, 0.3) is 10.9 Å². The Kier molecular flexibility index (Phi) is 18.4. The summed E-state index contributed by atoms with van der Waals surface area (Å²) < 4.78 is 25.0. The molecule has 0 radical (unpaired) electrons. The van der Waals surface area contributed by atoms with Crippen molar-refractivity contribution < 1.29 is 23.2 Å². The number of nitrogens with two attached hydrogens (primary N) is 1. The molecule has 1 atom stereocenters. The number of fused-ring (bicyclic) bond motifs is 1. The third-order valence-corrected chi connectivity index (χ3v) is 12.5. The first-order chi connectivity index (χ1) is 27.7. The molecule has 3 heterocycles. The standard InChI is InChI=1S/C39H65N12O5P/c1-3-55-57(54,56-4-2)27-23-43-38(53)34(40)16-17-36(52)50-25-18-31(19-26-50)45-37-33-14-8-9-15-35(33)46-39(47-37)44-28-32-29-51(49-48-32)24-11-21-41-20-10-22-42-30-12-6-5-7-13-30/h8-9,14-15,29-31,34,41-42H,3-7,10-13,16-28,40H2,1-2H3,(H,43,53)(H2,44,45,46,47)/t34-/m0/s1. The molecular weight excluding hydrogens is 747 g/mol. The first kappa shape index (κ1) is 44.4. The van der Waals surface area contributed by atoms with Gasteiger partial charge in [-0.05, 0) is 90.6 Å². The average molecular weight is 813 g/mol. The van der Waals surface area contributed by atoms with E-state index in [0.717, 1.165) is 80.3 Å². The van der Waals surface area contributed by atoms with Crippen molar-refractivity contribution in [1.82, 2.24) is 45.8 Å². The van der Waals surface area contributed by atoms with Crippen molar-refractivity contribution in [2.45, 2.75) is 116 Å². The number of carbonyl (C=O) groups excluding carboxylic acids is 2. The van der Waals surface area contributed by atoms with Crippen LogP contribution in [-0.4, -0.2) is 118 Å². The minimum absolute atomic E-state index is 0.0329. The predicted octanol–water partition coefficient (Wildman–Crippen LogP) is 4.02. The van der Waals surface area contributed by atoms with Crippen LogP contribution in [0.15, 0.2) is 30.5 Å². The number of nitrogens with one attached hydrogen (secondary N) is 5. The Morgan fingerprint density at radius 2 is 1.70 bits per heavy atom. The second-order valence-electron chi connectivity index (χ2n) is 14.9. The molecule has 57 heavy (non-hydrogen) atoms. The molecule has 0 unspecified atom stereocenters. The maximum Gasteiger partial charge on any atom is 0.332 e. The topological polar surface area (TPSA) is 216 Å². The number of benzene rings is 1. The molecule has 1 aliphatic heterocycles. The lowest BCUT2D eigenvalue weighted by Gasteiger charge is -2.33. The first-order valence-electron chi connectivity index (χ1n) is 21.0. The van der Waals surface area contributed by atoms with Gasteiger partial charge in [-0.2, -0.15) is 4.98 Å². The zero-order valence-corrected chi connectivity index (χ0v) is 34.8. The van der Waals surface area contributed by atoms with Crippen molar-refractivity contribution in [1.29, 1.82) is 0 Å². The number of piperidine rings is 1. The van der Waals surface area contributed by atoms with E-state index in [9.17, 15) is 14.2 Å². The summed E-state index contributed by atoms with van der Waals surface area (Å²) in [6.45, 7) is 9.54. The van der Waals surface area contributed by atoms with Gasteiger partial charge in [-0.25, -0.2) is 4.98 Å². The average Bonchev–Trinajstić information content (AvgIpc) is 3.68. The second kappa shape index (κ2) is 23.6. The number of aryl methyl sites for hydroxylation is 1. The summed E-state index contributed by atoms with van der Waals surface area (Å²) >= 11 is 0. The molecule has 3 aromatic rings. The van der Waals surface area contributed by atoms with Crippen LogP contribution in [0.2, 0.25) is 0 Å². The lowest BCUT2D eigenvalue weighted by molar-refractivity contribution is -0.132. The van der Waals surface area contributed by atoms with Gasteiger partial charge in [-0.3, -0.25) is 18.8 Å².